The topological polar surface area (TPSA) is 46.3 Å². The third-order valence-electron chi connectivity index (χ3n) is 5.01. The summed E-state index contributed by atoms with van der Waals surface area (Å²) in [6.45, 7) is 8.07. The second-order valence-corrected chi connectivity index (χ2v) is 6.72. The molecule has 104 valence electrons. The molecule has 0 heterocycles. The Kier molecular flexibility index (Phi) is 4.00. The van der Waals surface area contributed by atoms with Gasteiger partial charge in [0.1, 0.15) is 0 Å². The van der Waals surface area contributed by atoms with E-state index in [1.165, 1.54) is 19.3 Å². The molecule has 3 unspecified atom stereocenters. The number of nitrogens with zero attached hydrogens (tertiary/aromatic N) is 1. The molecule has 0 aliphatic heterocycles. The van der Waals surface area contributed by atoms with Crippen molar-refractivity contribution in [2.24, 2.45) is 23.0 Å². The summed E-state index contributed by atoms with van der Waals surface area (Å²) in [7, 11) is 0. The van der Waals surface area contributed by atoms with Gasteiger partial charge in [-0.15, -0.1) is 0 Å². The Balaban J connectivity index is 2.05. The molecule has 0 spiro atoms. The standard InChI is InChI=1S/C15H28N2O/c1-4-17(14(18)12-9-15(12,2)3)13-8-6-5-7-11(13)10-16/h11-13H,4-10,16H2,1-3H3. The van der Waals surface area contributed by atoms with Gasteiger partial charge >= 0.3 is 0 Å². The van der Waals surface area contributed by atoms with Gasteiger partial charge in [0.15, 0.2) is 0 Å². The maximum Gasteiger partial charge on any atom is 0.226 e. The normalized spacial score (nSPS) is 34.1. The molecule has 2 saturated carbocycles. The van der Waals surface area contributed by atoms with Gasteiger partial charge in [-0.25, -0.2) is 0 Å². The molecule has 2 aliphatic carbocycles. The average Bonchev–Trinajstić information content (AvgIpc) is 3.00. The first-order chi connectivity index (χ1) is 8.51. The van der Waals surface area contributed by atoms with Crippen LogP contribution in [0.1, 0.15) is 52.9 Å². The van der Waals surface area contributed by atoms with E-state index >= 15 is 0 Å². The molecule has 3 atom stereocenters. The van der Waals surface area contributed by atoms with Crippen LogP contribution < -0.4 is 5.73 Å². The minimum atomic E-state index is 0.234. The molecule has 0 radical (unpaired) electrons. The smallest absolute Gasteiger partial charge is 0.226 e. The number of nitrogens with two attached hydrogens (primary N) is 1. The highest BCUT2D eigenvalue weighted by Gasteiger charge is 2.52. The number of carbonyl (C=O) groups excluding carboxylic acids is 1. The lowest BCUT2D eigenvalue weighted by Crippen LogP contribution is -2.48. The zero-order valence-electron chi connectivity index (χ0n) is 12.1. The summed E-state index contributed by atoms with van der Waals surface area (Å²) in [5, 5.41) is 0. The van der Waals surface area contributed by atoms with Crippen molar-refractivity contribution < 1.29 is 4.79 Å². The van der Waals surface area contributed by atoms with E-state index in [4.69, 9.17) is 5.73 Å². The first kappa shape index (κ1) is 13.9. The third kappa shape index (κ3) is 2.56. The van der Waals surface area contributed by atoms with Crippen LogP contribution in [0.2, 0.25) is 0 Å². The van der Waals surface area contributed by atoms with E-state index in [0.717, 1.165) is 25.9 Å². The second kappa shape index (κ2) is 5.20. The summed E-state index contributed by atoms with van der Waals surface area (Å²) >= 11 is 0. The van der Waals surface area contributed by atoms with E-state index in [1.54, 1.807) is 0 Å². The Morgan fingerprint density at radius 2 is 1.94 bits per heavy atom. The molecule has 2 fully saturated rings. The predicted octanol–water partition coefficient (Wildman–Crippen LogP) is 2.40. The quantitative estimate of drug-likeness (QED) is 0.835. The van der Waals surface area contributed by atoms with Crippen molar-refractivity contribution in [1.29, 1.82) is 0 Å². The molecular weight excluding hydrogens is 224 g/mol. The van der Waals surface area contributed by atoms with Crippen molar-refractivity contribution in [2.75, 3.05) is 13.1 Å². The zero-order valence-corrected chi connectivity index (χ0v) is 12.1. The van der Waals surface area contributed by atoms with Gasteiger partial charge in [-0.2, -0.15) is 0 Å². The largest absolute Gasteiger partial charge is 0.339 e. The number of hydrogen-bond acceptors (Lipinski definition) is 2. The highest BCUT2D eigenvalue weighted by molar-refractivity contribution is 5.82. The van der Waals surface area contributed by atoms with Gasteiger partial charge in [0.05, 0.1) is 0 Å². The van der Waals surface area contributed by atoms with Crippen LogP contribution in [0.4, 0.5) is 0 Å². The lowest BCUT2D eigenvalue weighted by molar-refractivity contribution is -0.137. The molecule has 3 heteroatoms. The molecule has 0 aromatic rings. The SMILES string of the molecule is CCN(C(=O)C1CC1(C)C)C1CCCCC1CN. The summed E-state index contributed by atoms with van der Waals surface area (Å²) in [6.07, 6.45) is 5.92. The molecule has 0 saturated heterocycles. The minimum Gasteiger partial charge on any atom is -0.339 e. The van der Waals surface area contributed by atoms with Gasteiger partial charge in [0.25, 0.3) is 0 Å². The van der Waals surface area contributed by atoms with Gasteiger partial charge < -0.3 is 10.6 Å². The van der Waals surface area contributed by atoms with Crippen molar-refractivity contribution >= 4 is 5.91 Å². The fraction of sp³-hybridized carbons (Fsp3) is 0.933. The summed E-state index contributed by atoms with van der Waals surface area (Å²) in [5.74, 6) is 1.16. The van der Waals surface area contributed by atoms with E-state index < -0.39 is 0 Å². The Hall–Kier alpha value is -0.570. The molecule has 2 rings (SSSR count). The summed E-state index contributed by atoms with van der Waals surface area (Å²) in [4.78, 5) is 14.7. The number of amides is 1. The van der Waals surface area contributed by atoms with E-state index in [-0.39, 0.29) is 11.3 Å². The molecular formula is C15H28N2O. The lowest BCUT2D eigenvalue weighted by Gasteiger charge is -2.39. The van der Waals surface area contributed by atoms with Gasteiger partial charge in [0, 0.05) is 18.5 Å². The van der Waals surface area contributed by atoms with Crippen LogP contribution >= 0.6 is 0 Å². The summed E-state index contributed by atoms with van der Waals surface area (Å²) < 4.78 is 0. The number of hydrogen-bond donors (Lipinski definition) is 1. The monoisotopic (exact) mass is 252 g/mol. The molecule has 3 nitrogen and oxygen atoms in total. The average molecular weight is 252 g/mol. The van der Waals surface area contributed by atoms with Crippen LogP contribution in [0, 0.1) is 17.3 Å². The molecule has 1 amide bonds. The van der Waals surface area contributed by atoms with Crippen molar-refractivity contribution in [3.8, 4) is 0 Å². The highest BCUT2D eigenvalue weighted by Crippen LogP contribution is 2.52. The Morgan fingerprint density at radius 1 is 1.33 bits per heavy atom. The van der Waals surface area contributed by atoms with Crippen LogP contribution in [0.5, 0.6) is 0 Å². The molecule has 2 N–H and O–H groups in total. The van der Waals surface area contributed by atoms with Crippen molar-refractivity contribution in [2.45, 2.75) is 58.9 Å². The third-order valence-corrected chi connectivity index (χ3v) is 5.01. The fourth-order valence-electron chi connectivity index (χ4n) is 3.52. The Labute approximate surface area is 111 Å². The van der Waals surface area contributed by atoms with E-state index in [1.807, 2.05) is 0 Å². The van der Waals surface area contributed by atoms with Crippen LogP contribution in [0.25, 0.3) is 0 Å². The first-order valence-corrected chi connectivity index (χ1v) is 7.51. The van der Waals surface area contributed by atoms with Crippen LogP contribution in [0.3, 0.4) is 0 Å². The van der Waals surface area contributed by atoms with Gasteiger partial charge in [0.2, 0.25) is 5.91 Å². The minimum absolute atomic E-state index is 0.234. The van der Waals surface area contributed by atoms with Gasteiger partial charge in [-0.05, 0) is 44.1 Å². The Morgan fingerprint density at radius 3 is 2.44 bits per heavy atom. The van der Waals surface area contributed by atoms with E-state index in [0.29, 0.717) is 17.9 Å². The van der Waals surface area contributed by atoms with Gasteiger partial charge in [-0.1, -0.05) is 26.7 Å². The van der Waals surface area contributed by atoms with E-state index in [9.17, 15) is 4.79 Å². The number of carbonyl (C=O) groups is 1. The predicted molar refractivity (Wildman–Crippen MR) is 74.1 cm³/mol. The maximum absolute atomic E-state index is 12.6. The molecule has 18 heavy (non-hydrogen) atoms. The van der Waals surface area contributed by atoms with Crippen molar-refractivity contribution in [3.05, 3.63) is 0 Å². The van der Waals surface area contributed by atoms with Crippen LogP contribution in [-0.4, -0.2) is 29.9 Å². The first-order valence-electron chi connectivity index (χ1n) is 7.51. The van der Waals surface area contributed by atoms with Crippen LogP contribution in [-0.2, 0) is 4.79 Å². The Bertz CT molecular complexity index is 314. The molecule has 0 aromatic carbocycles. The molecule has 0 aromatic heterocycles. The highest BCUT2D eigenvalue weighted by atomic mass is 16.2. The van der Waals surface area contributed by atoms with Crippen molar-refractivity contribution in [1.82, 2.24) is 4.90 Å². The van der Waals surface area contributed by atoms with Crippen molar-refractivity contribution in [3.63, 3.8) is 0 Å². The maximum atomic E-state index is 12.6. The second-order valence-electron chi connectivity index (χ2n) is 6.72. The van der Waals surface area contributed by atoms with Crippen LogP contribution in [0.15, 0.2) is 0 Å². The molecule has 2 aliphatic rings. The zero-order chi connectivity index (χ0) is 13.3. The molecule has 0 bridgehead atoms. The summed E-state index contributed by atoms with van der Waals surface area (Å²) in [5.41, 5.74) is 6.13. The number of rotatable bonds is 4. The lowest BCUT2D eigenvalue weighted by atomic mass is 9.83. The summed E-state index contributed by atoms with van der Waals surface area (Å²) in [6, 6.07) is 0.401. The fourth-order valence-corrected chi connectivity index (χ4v) is 3.52. The van der Waals surface area contributed by atoms with Gasteiger partial charge in [-0.3, -0.25) is 4.79 Å². The van der Waals surface area contributed by atoms with E-state index in [2.05, 4.69) is 25.7 Å².